The van der Waals surface area contributed by atoms with E-state index in [1.807, 2.05) is 44.4 Å². The third-order valence-corrected chi connectivity index (χ3v) is 9.63. The molecule has 228 valence electrons. The van der Waals surface area contributed by atoms with E-state index in [1.165, 1.54) is 0 Å². The summed E-state index contributed by atoms with van der Waals surface area (Å²) in [5, 5.41) is 25.0. The van der Waals surface area contributed by atoms with Gasteiger partial charge in [0.1, 0.15) is 23.8 Å². The van der Waals surface area contributed by atoms with Crippen LogP contribution in [0.2, 0.25) is 0 Å². The highest BCUT2D eigenvalue weighted by Crippen LogP contribution is 2.38. The molecular formula is C33H44N2O6S. The Hall–Kier alpha value is -2.88. The minimum absolute atomic E-state index is 0.0524. The maximum Gasteiger partial charge on any atom is 0.309 e. The predicted molar refractivity (Wildman–Crippen MR) is 163 cm³/mol. The molecule has 9 heteroatoms. The number of carbonyl (C=O) groups is 2. The molecule has 42 heavy (non-hydrogen) atoms. The number of cyclic esters (lactones) is 1. The van der Waals surface area contributed by atoms with Gasteiger partial charge in [0.2, 0.25) is 0 Å². The highest BCUT2D eigenvalue weighted by Gasteiger charge is 2.43. The van der Waals surface area contributed by atoms with Crippen LogP contribution in [0.25, 0.3) is 11.8 Å². The number of esters is 1. The highest BCUT2D eigenvalue weighted by molar-refractivity contribution is 7.09. The van der Waals surface area contributed by atoms with Crippen molar-refractivity contribution in [1.82, 2.24) is 9.97 Å². The zero-order valence-corrected chi connectivity index (χ0v) is 26.3. The van der Waals surface area contributed by atoms with Gasteiger partial charge in [-0.25, -0.2) is 4.98 Å². The lowest BCUT2D eigenvalue weighted by Crippen LogP contribution is -2.45. The largest absolute Gasteiger partial charge is 0.489 e. The van der Waals surface area contributed by atoms with E-state index < -0.39 is 35.6 Å². The number of aliphatic hydroxyl groups excluding tert-OH is 2. The first-order valence-corrected chi connectivity index (χ1v) is 15.7. The molecule has 0 bridgehead atoms. The van der Waals surface area contributed by atoms with Crippen molar-refractivity contribution in [2.75, 3.05) is 0 Å². The molecule has 7 atom stereocenters. The second-order valence-electron chi connectivity index (χ2n) is 12.5. The van der Waals surface area contributed by atoms with E-state index in [1.54, 1.807) is 44.5 Å². The van der Waals surface area contributed by atoms with Gasteiger partial charge in [-0.2, -0.15) is 0 Å². The minimum atomic E-state index is -1.27. The molecule has 4 heterocycles. The molecule has 0 amide bonds. The van der Waals surface area contributed by atoms with E-state index in [4.69, 9.17) is 9.47 Å². The first-order chi connectivity index (χ1) is 19.9. The van der Waals surface area contributed by atoms with Gasteiger partial charge in [0.25, 0.3) is 0 Å². The number of aliphatic hydroxyl groups is 2. The lowest BCUT2D eigenvalue weighted by atomic mass is 9.73. The molecule has 1 saturated heterocycles. The van der Waals surface area contributed by atoms with Gasteiger partial charge < -0.3 is 19.7 Å². The molecule has 0 spiro atoms. The summed E-state index contributed by atoms with van der Waals surface area (Å²) in [6, 6.07) is 3.83. The van der Waals surface area contributed by atoms with E-state index in [9.17, 15) is 19.8 Å². The minimum Gasteiger partial charge on any atom is -0.489 e. The van der Waals surface area contributed by atoms with E-state index in [0.717, 1.165) is 46.9 Å². The fraction of sp³-hybridized carbons (Fsp3) is 0.576. The van der Waals surface area contributed by atoms with Crippen LogP contribution in [-0.4, -0.2) is 56.3 Å². The van der Waals surface area contributed by atoms with Crippen molar-refractivity contribution in [2.24, 2.45) is 23.2 Å². The number of carbonyl (C=O) groups excluding carboxylic acids is 2. The van der Waals surface area contributed by atoms with Gasteiger partial charge in [0, 0.05) is 41.6 Å². The van der Waals surface area contributed by atoms with Crippen molar-refractivity contribution < 1.29 is 29.3 Å². The quantitative estimate of drug-likeness (QED) is 0.429. The number of hydrogen-bond acceptors (Lipinski definition) is 9. The van der Waals surface area contributed by atoms with Crippen molar-refractivity contribution in [3.05, 3.63) is 57.8 Å². The van der Waals surface area contributed by atoms with Crippen LogP contribution in [0.3, 0.4) is 0 Å². The zero-order valence-electron chi connectivity index (χ0n) is 25.4. The number of thiazole rings is 1. The number of Topliss-reactive ketones (excluding diaryl/α,β-unsaturated/α-hetero) is 1. The van der Waals surface area contributed by atoms with Gasteiger partial charge in [-0.05, 0) is 62.5 Å². The summed E-state index contributed by atoms with van der Waals surface area (Å²) in [5.74, 6) is -0.864. The summed E-state index contributed by atoms with van der Waals surface area (Å²) < 4.78 is 12.5. The number of nitrogens with zero attached hydrogens (tertiary/aromatic N) is 2. The Kier molecular flexibility index (Phi) is 10.4. The SMILES string of the molecule is C/C(=C\c1csc(C)n1)[C@@H]1C[C@@H]2OC(c3cccnc3)=C[C@H]2CCC[C@H](C)[C@H](O)[C@@H](C)C(=O)C(C)(C)[C@@H](O)CC(=O)O1. The van der Waals surface area contributed by atoms with Crippen molar-refractivity contribution >= 4 is 34.9 Å². The molecular weight excluding hydrogens is 552 g/mol. The monoisotopic (exact) mass is 596 g/mol. The van der Waals surface area contributed by atoms with Crippen LogP contribution in [0.1, 0.15) is 83.0 Å². The van der Waals surface area contributed by atoms with E-state index in [0.29, 0.717) is 6.42 Å². The van der Waals surface area contributed by atoms with Gasteiger partial charge in [0.15, 0.2) is 0 Å². The van der Waals surface area contributed by atoms with Gasteiger partial charge >= 0.3 is 5.97 Å². The van der Waals surface area contributed by atoms with Crippen LogP contribution in [0, 0.1) is 30.1 Å². The zero-order chi connectivity index (χ0) is 30.6. The Bertz CT molecular complexity index is 1300. The molecule has 0 unspecified atom stereocenters. The summed E-state index contributed by atoms with van der Waals surface area (Å²) in [5.41, 5.74) is 1.26. The molecule has 0 aromatic carbocycles. The van der Waals surface area contributed by atoms with Crippen LogP contribution in [-0.2, 0) is 19.1 Å². The molecule has 0 radical (unpaired) electrons. The van der Waals surface area contributed by atoms with Crippen LogP contribution < -0.4 is 0 Å². The first kappa shape index (κ1) is 32.0. The normalized spacial score (nSPS) is 31.6. The van der Waals surface area contributed by atoms with E-state index >= 15 is 0 Å². The average molecular weight is 597 g/mol. The number of pyridine rings is 1. The highest BCUT2D eigenvalue weighted by atomic mass is 32.1. The summed E-state index contributed by atoms with van der Waals surface area (Å²) >= 11 is 1.55. The van der Waals surface area contributed by atoms with Crippen LogP contribution in [0.5, 0.6) is 0 Å². The molecule has 2 aliphatic rings. The molecule has 1 fully saturated rings. The van der Waals surface area contributed by atoms with Crippen LogP contribution in [0.4, 0.5) is 0 Å². The third-order valence-electron chi connectivity index (χ3n) is 8.84. The first-order valence-electron chi connectivity index (χ1n) is 14.9. The Morgan fingerprint density at radius 3 is 2.60 bits per heavy atom. The van der Waals surface area contributed by atoms with Crippen LogP contribution >= 0.6 is 11.3 Å². The lowest BCUT2D eigenvalue weighted by Gasteiger charge is -2.35. The fourth-order valence-electron chi connectivity index (χ4n) is 5.93. The Morgan fingerprint density at radius 2 is 1.93 bits per heavy atom. The summed E-state index contributed by atoms with van der Waals surface area (Å²) in [6.45, 7) is 10.8. The van der Waals surface area contributed by atoms with Crippen molar-refractivity contribution in [2.45, 2.75) is 98.1 Å². The maximum absolute atomic E-state index is 13.4. The second kappa shape index (κ2) is 13.6. The number of aromatic nitrogens is 2. The van der Waals surface area contributed by atoms with Crippen molar-refractivity contribution in [1.29, 1.82) is 0 Å². The predicted octanol–water partition coefficient (Wildman–Crippen LogP) is 5.77. The van der Waals surface area contributed by atoms with Gasteiger partial charge in [-0.15, -0.1) is 11.3 Å². The molecule has 2 aromatic rings. The van der Waals surface area contributed by atoms with Crippen molar-refractivity contribution in [3.63, 3.8) is 0 Å². The number of rotatable bonds is 3. The third kappa shape index (κ3) is 7.54. The molecule has 0 aliphatic carbocycles. The molecule has 2 N–H and O–H groups in total. The lowest BCUT2D eigenvalue weighted by molar-refractivity contribution is -0.155. The van der Waals surface area contributed by atoms with Gasteiger partial charge in [-0.1, -0.05) is 34.1 Å². The number of hydrogen-bond donors (Lipinski definition) is 2. The molecule has 8 nitrogen and oxygen atoms in total. The maximum atomic E-state index is 13.4. The van der Waals surface area contributed by atoms with Crippen molar-refractivity contribution in [3.8, 4) is 0 Å². The Balaban J connectivity index is 1.67. The number of ether oxygens (including phenoxy) is 2. The van der Waals surface area contributed by atoms with E-state index in [2.05, 4.69) is 16.0 Å². The Labute approximate surface area is 252 Å². The fourth-order valence-corrected chi connectivity index (χ4v) is 6.50. The number of ketones is 1. The second-order valence-corrected chi connectivity index (χ2v) is 13.5. The van der Waals surface area contributed by atoms with Gasteiger partial charge in [-0.3, -0.25) is 14.6 Å². The van der Waals surface area contributed by atoms with E-state index in [-0.39, 0.29) is 30.1 Å². The topological polar surface area (TPSA) is 119 Å². The van der Waals surface area contributed by atoms with Gasteiger partial charge in [0.05, 0.1) is 34.7 Å². The summed E-state index contributed by atoms with van der Waals surface area (Å²) in [7, 11) is 0. The molecule has 0 saturated carbocycles. The number of aryl methyl sites for hydroxylation is 1. The molecule has 2 aliphatic heterocycles. The number of fused-ring (bicyclic) bond motifs is 1. The standard InChI is InChI=1S/C33H44N2O6S/c1-19-9-7-10-23-14-27(24-11-8-12-34-17-24)40-28(23)15-26(20(2)13-25-18-42-22(4)35-25)41-30(37)16-29(36)33(5,6)32(39)21(3)31(19)38/h8,11-14,17-19,21,23,26,28-29,31,36,38H,7,9-10,15-16H2,1-6H3/b20-13+/t19-,21+,23+,26-,28-,29-,31-/m0/s1. The Morgan fingerprint density at radius 1 is 1.17 bits per heavy atom. The summed E-state index contributed by atoms with van der Waals surface area (Å²) in [6.07, 6.45) is 7.00. The molecule has 2 aromatic heterocycles. The molecule has 4 rings (SSSR count). The smallest absolute Gasteiger partial charge is 0.309 e. The average Bonchev–Trinajstić information content (AvgIpc) is 3.56. The summed E-state index contributed by atoms with van der Waals surface area (Å²) in [4.78, 5) is 35.5. The van der Waals surface area contributed by atoms with Crippen LogP contribution in [0.15, 0.2) is 41.6 Å².